The van der Waals surface area contributed by atoms with Crippen molar-refractivity contribution in [1.29, 1.82) is 0 Å². The first-order valence-corrected chi connectivity index (χ1v) is 13.1. The van der Waals surface area contributed by atoms with Crippen molar-refractivity contribution >= 4 is 22.4 Å². The van der Waals surface area contributed by atoms with Crippen molar-refractivity contribution in [2.24, 2.45) is 0 Å². The number of fused-ring (bicyclic) bond motifs is 3. The van der Waals surface area contributed by atoms with Crippen LogP contribution in [0.3, 0.4) is 0 Å². The van der Waals surface area contributed by atoms with Crippen molar-refractivity contribution in [1.82, 2.24) is 8.97 Å². The molecule has 1 unspecified atom stereocenters. The average molecular weight is 497 g/mol. The Balaban J connectivity index is 1.74. The van der Waals surface area contributed by atoms with Gasteiger partial charge in [0.25, 0.3) is 0 Å². The number of hydrogen-bond acceptors (Lipinski definition) is 2. The van der Waals surface area contributed by atoms with Crippen LogP contribution in [0.2, 0.25) is 0 Å². The van der Waals surface area contributed by atoms with E-state index in [0.29, 0.717) is 5.56 Å². The van der Waals surface area contributed by atoms with E-state index in [-0.39, 0.29) is 5.97 Å². The Morgan fingerprint density at radius 2 is 1.42 bits per heavy atom. The largest absolute Gasteiger partial charge is 0.440 e. The summed E-state index contributed by atoms with van der Waals surface area (Å²) in [6, 6.07) is 33.1. The summed E-state index contributed by atoms with van der Waals surface area (Å²) < 4.78 is 11.3. The van der Waals surface area contributed by atoms with Gasteiger partial charge in [-0.25, -0.2) is 4.79 Å². The first-order chi connectivity index (χ1) is 18.6. The summed E-state index contributed by atoms with van der Waals surface area (Å²) in [6.45, 7) is 7.29. The summed E-state index contributed by atoms with van der Waals surface area (Å²) in [6.07, 6.45) is 2.10. The molecule has 3 aromatic heterocycles. The Bertz CT molecular complexity index is 1880. The number of para-hydroxylation sites is 1. The minimum Gasteiger partial charge on any atom is -0.440 e. The molecule has 0 fully saturated rings. The van der Waals surface area contributed by atoms with Gasteiger partial charge in [-0.05, 0) is 50.6 Å². The zero-order valence-corrected chi connectivity index (χ0v) is 21.7. The fraction of sp³-hybridized carbons (Fsp3) is 0.147. The van der Waals surface area contributed by atoms with Crippen LogP contribution >= 0.6 is 0 Å². The summed E-state index contributed by atoms with van der Waals surface area (Å²) in [5, 5.41) is 1.10. The number of hydrogen-bond donors (Lipinski definition) is 0. The number of pyridine rings is 1. The molecule has 1 aliphatic rings. The number of carbonyl (C=O) groups excluding carboxylic acids is 1. The highest BCUT2D eigenvalue weighted by Crippen LogP contribution is 2.55. The summed E-state index contributed by atoms with van der Waals surface area (Å²) in [5.41, 5.74) is 8.99. The van der Waals surface area contributed by atoms with Crippen LogP contribution in [0.1, 0.15) is 45.4 Å². The van der Waals surface area contributed by atoms with E-state index >= 15 is 0 Å². The first kappa shape index (κ1) is 22.6. The quantitative estimate of drug-likeness (QED) is 0.235. The molecule has 1 atom stereocenters. The van der Waals surface area contributed by atoms with E-state index in [1.165, 1.54) is 0 Å². The molecule has 6 aromatic rings. The lowest BCUT2D eigenvalue weighted by Gasteiger charge is -2.32. The van der Waals surface area contributed by atoms with E-state index in [4.69, 9.17) is 4.74 Å². The molecule has 0 saturated carbocycles. The lowest BCUT2D eigenvalue weighted by Crippen LogP contribution is -2.31. The minimum atomic E-state index is -1.12. The summed E-state index contributed by atoms with van der Waals surface area (Å²) in [7, 11) is 0. The van der Waals surface area contributed by atoms with Crippen molar-refractivity contribution in [2.45, 2.75) is 32.9 Å². The van der Waals surface area contributed by atoms with Gasteiger partial charge in [-0.3, -0.25) is 0 Å². The van der Waals surface area contributed by atoms with Crippen LogP contribution in [-0.2, 0) is 16.9 Å². The van der Waals surface area contributed by atoms with Crippen LogP contribution in [0, 0.1) is 13.8 Å². The average Bonchev–Trinajstić information content (AvgIpc) is 3.54. The fourth-order valence-electron chi connectivity index (χ4n) is 6.68. The number of ether oxygens (including phenoxy) is 1. The van der Waals surface area contributed by atoms with Crippen molar-refractivity contribution in [3.8, 4) is 11.1 Å². The molecule has 0 spiro atoms. The van der Waals surface area contributed by atoms with Crippen molar-refractivity contribution in [3.63, 3.8) is 0 Å². The predicted molar refractivity (Wildman–Crippen MR) is 152 cm³/mol. The Morgan fingerprint density at radius 3 is 2.24 bits per heavy atom. The third-order valence-corrected chi connectivity index (χ3v) is 8.17. The Morgan fingerprint density at radius 1 is 0.737 bits per heavy atom. The van der Waals surface area contributed by atoms with E-state index in [1.807, 2.05) is 30.3 Å². The van der Waals surface area contributed by atoms with Gasteiger partial charge in [-0.1, -0.05) is 72.8 Å². The SMILES string of the molecule is CCn1c(C)c(C2(c3c(-c4ccccc4)c(C)n4ccccc34)OC(=O)c3ccccc32)c2ccccc21. The van der Waals surface area contributed by atoms with E-state index in [0.717, 1.165) is 62.2 Å². The lowest BCUT2D eigenvalue weighted by atomic mass is 9.76. The van der Waals surface area contributed by atoms with Gasteiger partial charge in [0.05, 0.1) is 11.1 Å². The maximum absolute atomic E-state index is 13.7. The van der Waals surface area contributed by atoms with Crippen LogP contribution in [0.5, 0.6) is 0 Å². The molecule has 38 heavy (non-hydrogen) atoms. The van der Waals surface area contributed by atoms with Crippen LogP contribution < -0.4 is 0 Å². The number of aryl methyl sites for hydroxylation is 2. The fourth-order valence-corrected chi connectivity index (χ4v) is 6.68. The molecule has 186 valence electrons. The molecular formula is C34H28N2O2. The second-order valence-corrected chi connectivity index (χ2v) is 10.00. The molecule has 4 heteroatoms. The van der Waals surface area contributed by atoms with Crippen molar-refractivity contribution in [2.75, 3.05) is 0 Å². The number of nitrogens with zero attached hydrogens (tertiary/aromatic N) is 2. The van der Waals surface area contributed by atoms with Crippen LogP contribution in [0.4, 0.5) is 0 Å². The molecule has 0 saturated heterocycles. The number of esters is 1. The molecule has 0 bridgehead atoms. The summed E-state index contributed by atoms with van der Waals surface area (Å²) in [5.74, 6) is -0.291. The van der Waals surface area contributed by atoms with Gasteiger partial charge < -0.3 is 13.7 Å². The van der Waals surface area contributed by atoms with Gasteiger partial charge in [-0.2, -0.15) is 0 Å². The molecule has 0 amide bonds. The molecule has 1 aliphatic heterocycles. The predicted octanol–water partition coefficient (Wildman–Crippen LogP) is 7.66. The number of cyclic esters (lactones) is 1. The maximum Gasteiger partial charge on any atom is 0.340 e. The highest BCUT2D eigenvalue weighted by atomic mass is 16.6. The summed E-state index contributed by atoms with van der Waals surface area (Å²) >= 11 is 0. The minimum absolute atomic E-state index is 0.291. The first-order valence-electron chi connectivity index (χ1n) is 13.1. The standard InChI is InChI=1S/C34H28N2O2/c1-4-35-23(3)31(26-17-9-11-19-28(26)35)34(27-18-10-8-16-25(27)33(37)38-34)32-29-20-12-13-21-36(29)22(2)30(32)24-14-6-5-7-15-24/h5-21H,4H2,1-3H3. The lowest BCUT2D eigenvalue weighted by molar-refractivity contribution is 0.0259. The van der Waals surface area contributed by atoms with Crippen LogP contribution in [0.15, 0.2) is 103 Å². The highest BCUT2D eigenvalue weighted by molar-refractivity contribution is 6.01. The Hall–Kier alpha value is -4.57. The van der Waals surface area contributed by atoms with Crippen molar-refractivity contribution in [3.05, 3.63) is 137 Å². The third-order valence-electron chi connectivity index (χ3n) is 8.17. The monoisotopic (exact) mass is 496 g/mol. The number of carbonyl (C=O) groups is 1. The number of rotatable bonds is 4. The maximum atomic E-state index is 13.7. The summed E-state index contributed by atoms with van der Waals surface area (Å²) in [4.78, 5) is 13.7. The second-order valence-electron chi connectivity index (χ2n) is 10.00. The third kappa shape index (κ3) is 2.83. The number of aromatic nitrogens is 2. The van der Waals surface area contributed by atoms with E-state index in [1.54, 1.807) is 0 Å². The molecule has 7 rings (SSSR count). The zero-order chi connectivity index (χ0) is 26.0. The molecule has 0 N–H and O–H groups in total. The van der Waals surface area contributed by atoms with E-state index in [2.05, 4.69) is 103 Å². The normalized spacial score (nSPS) is 16.8. The van der Waals surface area contributed by atoms with Gasteiger partial charge in [-0.15, -0.1) is 0 Å². The molecule has 4 nitrogen and oxygen atoms in total. The zero-order valence-electron chi connectivity index (χ0n) is 21.7. The molecule has 3 aromatic carbocycles. The van der Waals surface area contributed by atoms with Crippen LogP contribution in [0.25, 0.3) is 27.5 Å². The van der Waals surface area contributed by atoms with Gasteiger partial charge >= 0.3 is 5.97 Å². The van der Waals surface area contributed by atoms with E-state index < -0.39 is 5.60 Å². The number of benzene rings is 3. The topological polar surface area (TPSA) is 35.6 Å². The van der Waals surface area contributed by atoms with Gasteiger partial charge in [0.1, 0.15) is 0 Å². The molecule has 0 radical (unpaired) electrons. The smallest absolute Gasteiger partial charge is 0.340 e. The molecule has 0 aliphatic carbocycles. The molecule has 4 heterocycles. The van der Waals surface area contributed by atoms with Gasteiger partial charge in [0.2, 0.25) is 0 Å². The van der Waals surface area contributed by atoms with Crippen molar-refractivity contribution < 1.29 is 9.53 Å². The second kappa shape index (κ2) is 8.22. The van der Waals surface area contributed by atoms with E-state index in [9.17, 15) is 4.79 Å². The Labute approximate surface area is 221 Å². The van der Waals surface area contributed by atoms with Gasteiger partial charge in [0, 0.05) is 57.3 Å². The molecular weight excluding hydrogens is 468 g/mol. The highest BCUT2D eigenvalue weighted by Gasteiger charge is 2.53. The van der Waals surface area contributed by atoms with Gasteiger partial charge in [0.15, 0.2) is 5.60 Å². The Kier molecular flexibility index (Phi) is 4.89. The van der Waals surface area contributed by atoms with Crippen LogP contribution in [-0.4, -0.2) is 14.9 Å².